The van der Waals surface area contributed by atoms with Gasteiger partial charge < -0.3 is 10.1 Å². The SMILES string of the molecule is CC(NC(=O)c1ccn(-c2ccc(F)cc2)n1)c1ccccc1OC(F)F. The standard InChI is InChI=1S/C19H16F3N3O2/c1-12(15-4-2-3-5-17(15)27-19(21)22)23-18(26)16-10-11-25(24-16)14-8-6-13(20)7-9-14/h2-12,19H,1H3,(H,23,26). The van der Waals surface area contributed by atoms with E-state index in [4.69, 9.17) is 0 Å². The molecule has 1 N–H and O–H groups in total. The second kappa shape index (κ2) is 7.94. The molecule has 0 aliphatic rings. The van der Waals surface area contributed by atoms with Crippen LogP contribution in [0.5, 0.6) is 5.75 Å². The van der Waals surface area contributed by atoms with E-state index in [-0.39, 0.29) is 17.3 Å². The Hall–Kier alpha value is -3.29. The van der Waals surface area contributed by atoms with Crippen LogP contribution in [0.2, 0.25) is 0 Å². The maximum absolute atomic E-state index is 13.0. The highest BCUT2D eigenvalue weighted by molar-refractivity contribution is 5.92. The molecule has 27 heavy (non-hydrogen) atoms. The van der Waals surface area contributed by atoms with Crippen molar-refractivity contribution >= 4 is 5.91 Å². The van der Waals surface area contributed by atoms with Crippen LogP contribution in [-0.4, -0.2) is 22.3 Å². The van der Waals surface area contributed by atoms with E-state index in [1.165, 1.54) is 41.1 Å². The predicted octanol–water partition coefficient (Wildman–Crippen LogP) is 4.10. The first kappa shape index (κ1) is 18.5. The van der Waals surface area contributed by atoms with Crippen molar-refractivity contribution in [2.75, 3.05) is 0 Å². The van der Waals surface area contributed by atoms with Gasteiger partial charge in [0.05, 0.1) is 11.7 Å². The number of carbonyl (C=O) groups is 1. The van der Waals surface area contributed by atoms with Crippen LogP contribution in [0.1, 0.15) is 29.0 Å². The molecule has 5 nitrogen and oxygen atoms in total. The van der Waals surface area contributed by atoms with E-state index in [2.05, 4.69) is 15.2 Å². The maximum Gasteiger partial charge on any atom is 0.387 e. The molecule has 0 fully saturated rings. The number of carbonyl (C=O) groups excluding carboxylic acids is 1. The zero-order valence-electron chi connectivity index (χ0n) is 14.3. The van der Waals surface area contributed by atoms with Crippen LogP contribution in [0.3, 0.4) is 0 Å². The first-order valence-electron chi connectivity index (χ1n) is 8.10. The van der Waals surface area contributed by atoms with Crippen LogP contribution in [0.25, 0.3) is 5.69 Å². The number of alkyl halides is 2. The highest BCUT2D eigenvalue weighted by atomic mass is 19.3. The molecule has 1 atom stereocenters. The van der Waals surface area contributed by atoms with E-state index in [9.17, 15) is 18.0 Å². The Morgan fingerprint density at radius 1 is 1.11 bits per heavy atom. The molecule has 1 heterocycles. The molecule has 0 spiro atoms. The second-order valence-corrected chi connectivity index (χ2v) is 5.73. The third-order valence-electron chi connectivity index (χ3n) is 3.86. The van der Waals surface area contributed by atoms with Crippen LogP contribution >= 0.6 is 0 Å². The van der Waals surface area contributed by atoms with E-state index in [0.29, 0.717) is 11.3 Å². The second-order valence-electron chi connectivity index (χ2n) is 5.73. The van der Waals surface area contributed by atoms with Gasteiger partial charge >= 0.3 is 6.61 Å². The predicted molar refractivity (Wildman–Crippen MR) is 92.5 cm³/mol. The fourth-order valence-corrected chi connectivity index (χ4v) is 2.57. The van der Waals surface area contributed by atoms with Gasteiger partial charge in [-0.2, -0.15) is 13.9 Å². The molecule has 1 aromatic heterocycles. The molecule has 0 bridgehead atoms. The number of halogens is 3. The van der Waals surface area contributed by atoms with Crippen molar-refractivity contribution < 1.29 is 22.7 Å². The van der Waals surface area contributed by atoms with Gasteiger partial charge in [-0.1, -0.05) is 18.2 Å². The number of benzene rings is 2. The highest BCUT2D eigenvalue weighted by Gasteiger charge is 2.18. The third-order valence-corrected chi connectivity index (χ3v) is 3.86. The number of para-hydroxylation sites is 1. The molecule has 2 aromatic carbocycles. The lowest BCUT2D eigenvalue weighted by molar-refractivity contribution is -0.0506. The molecule has 0 saturated heterocycles. The molecule has 8 heteroatoms. The minimum absolute atomic E-state index is 0.00265. The molecule has 140 valence electrons. The molecule has 0 radical (unpaired) electrons. The maximum atomic E-state index is 13.0. The Labute approximate surface area is 153 Å². The van der Waals surface area contributed by atoms with Crippen molar-refractivity contribution in [3.05, 3.63) is 77.9 Å². The van der Waals surface area contributed by atoms with E-state index >= 15 is 0 Å². The topological polar surface area (TPSA) is 56.2 Å². The molecule has 0 aliphatic carbocycles. The summed E-state index contributed by atoms with van der Waals surface area (Å²) < 4.78 is 44.0. The Morgan fingerprint density at radius 2 is 1.81 bits per heavy atom. The summed E-state index contributed by atoms with van der Waals surface area (Å²) in [5.74, 6) is -0.852. The Kier molecular flexibility index (Phi) is 5.44. The van der Waals surface area contributed by atoms with Crippen molar-refractivity contribution in [3.8, 4) is 11.4 Å². The summed E-state index contributed by atoms with van der Waals surface area (Å²) in [5, 5.41) is 6.86. The Bertz CT molecular complexity index is 926. The average Bonchev–Trinajstić information content (AvgIpc) is 3.12. The van der Waals surface area contributed by atoms with Crippen molar-refractivity contribution in [1.29, 1.82) is 0 Å². The normalized spacial score (nSPS) is 12.0. The monoisotopic (exact) mass is 375 g/mol. The molecule has 0 saturated carbocycles. The molecule has 3 rings (SSSR count). The minimum atomic E-state index is -2.96. The molecule has 0 aliphatic heterocycles. The summed E-state index contributed by atoms with van der Waals surface area (Å²) in [7, 11) is 0. The van der Waals surface area contributed by atoms with Crippen molar-refractivity contribution in [1.82, 2.24) is 15.1 Å². The van der Waals surface area contributed by atoms with Gasteiger partial charge in [0.2, 0.25) is 0 Å². The van der Waals surface area contributed by atoms with Crippen LogP contribution < -0.4 is 10.1 Å². The lowest BCUT2D eigenvalue weighted by Gasteiger charge is -2.17. The van der Waals surface area contributed by atoms with Crippen molar-refractivity contribution in [3.63, 3.8) is 0 Å². The lowest BCUT2D eigenvalue weighted by atomic mass is 10.1. The summed E-state index contributed by atoms with van der Waals surface area (Å²) in [4.78, 5) is 12.4. The number of nitrogens with zero attached hydrogens (tertiary/aromatic N) is 2. The average molecular weight is 375 g/mol. The lowest BCUT2D eigenvalue weighted by Crippen LogP contribution is -2.27. The van der Waals surface area contributed by atoms with Crippen LogP contribution in [-0.2, 0) is 0 Å². The van der Waals surface area contributed by atoms with Gasteiger partial charge in [-0.05, 0) is 43.3 Å². The van der Waals surface area contributed by atoms with E-state index in [1.807, 2.05) is 0 Å². The van der Waals surface area contributed by atoms with Crippen molar-refractivity contribution in [2.24, 2.45) is 0 Å². The summed E-state index contributed by atoms with van der Waals surface area (Å²) in [6, 6.07) is 12.8. The number of hydrogen-bond acceptors (Lipinski definition) is 3. The molecular weight excluding hydrogens is 359 g/mol. The molecule has 3 aromatic rings. The molecule has 1 amide bonds. The van der Waals surface area contributed by atoms with Gasteiger partial charge in [0.1, 0.15) is 11.6 Å². The molecular formula is C19H16F3N3O2. The van der Waals surface area contributed by atoms with Gasteiger partial charge in [0.25, 0.3) is 5.91 Å². The first-order valence-corrected chi connectivity index (χ1v) is 8.10. The van der Waals surface area contributed by atoms with Gasteiger partial charge in [-0.3, -0.25) is 4.79 Å². The number of rotatable bonds is 6. The molecule has 1 unspecified atom stereocenters. The van der Waals surface area contributed by atoms with Crippen LogP contribution in [0.4, 0.5) is 13.2 Å². The number of hydrogen-bond donors (Lipinski definition) is 1. The Balaban J connectivity index is 1.73. The number of nitrogens with one attached hydrogen (secondary N) is 1. The zero-order chi connectivity index (χ0) is 19.4. The Morgan fingerprint density at radius 3 is 2.52 bits per heavy atom. The number of ether oxygens (including phenoxy) is 1. The fraction of sp³-hybridized carbons (Fsp3) is 0.158. The first-order chi connectivity index (χ1) is 12.9. The van der Waals surface area contributed by atoms with Gasteiger partial charge in [-0.15, -0.1) is 0 Å². The quantitative estimate of drug-likeness (QED) is 0.706. The van der Waals surface area contributed by atoms with E-state index in [1.54, 1.807) is 31.3 Å². The van der Waals surface area contributed by atoms with Crippen LogP contribution in [0, 0.1) is 5.82 Å². The highest BCUT2D eigenvalue weighted by Crippen LogP contribution is 2.26. The largest absolute Gasteiger partial charge is 0.434 e. The summed E-state index contributed by atoms with van der Waals surface area (Å²) in [6.45, 7) is -1.30. The fourth-order valence-electron chi connectivity index (χ4n) is 2.57. The van der Waals surface area contributed by atoms with E-state index < -0.39 is 18.6 Å². The summed E-state index contributed by atoms with van der Waals surface area (Å²) in [6.07, 6.45) is 1.57. The zero-order valence-corrected chi connectivity index (χ0v) is 14.3. The van der Waals surface area contributed by atoms with E-state index in [0.717, 1.165) is 0 Å². The van der Waals surface area contributed by atoms with Gasteiger partial charge in [-0.25, -0.2) is 9.07 Å². The van der Waals surface area contributed by atoms with Gasteiger partial charge in [0.15, 0.2) is 5.69 Å². The third kappa shape index (κ3) is 4.46. The minimum Gasteiger partial charge on any atom is -0.434 e. The van der Waals surface area contributed by atoms with Gasteiger partial charge in [0, 0.05) is 11.8 Å². The number of amides is 1. The summed E-state index contributed by atoms with van der Waals surface area (Å²) in [5.41, 5.74) is 1.15. The van der Waals surface area contributed by atoms with Crippen molar-refractivity contribution in [2.45, 2.75) is 19.6 Å². The van der Waals surface area contributed by atoms with Crippen LogP contribution in [0.15, 0.2) is 60.8 Å². The summed E-state index contributed by atoms with van der Waals surface area (Å²) >= 11 is 0. The number of aromatic nitrogens is 2. The smallest absolute Gasteiger partial charge is 0.387 e.